The summed E-state index contributed by atoms with van der Waals surface area (Å²) in [6.45, 7) is 5.32. The molecule has 1 heterocycles. The minimum absolute atomic E-state index is 0.454. The van der Waals surface area contributed by atoms with Crippen molar-refractivity contribution in [2.24, 2.45) is 0 Å². The fourth-order valence-corrected chi connectivity index (χ4v) is 1.88. The van der Waals surface area contributed by atoms with Gasteiger partial charge in [-0.25, -0.2) is 9.97 Å². The Balaban J connectivity index is 2.29. The van der Waals surface area contributed by atoms with Gasteiger partial charge in [0.05, 0.1) is 6.61 Å². The molecule has 0 saturated heterocycles. The highest BCUT2D eigenvalue weighted by Crippen LogP contribution is 2.28. The molecule has 1 aromatic rings. The van der Waals surface area contributed by atoms with Crippen LogP contribution in [0.1, 0.15) is 19.8 Å². The topological polar surface area (TPSA) is 65.5 Å². The number of nitrogens with one attached hydrogen (secondary N) is 1. The number of aromatic nitrogens is 2. The normalized spacial score (nSPS) is 10.6. The van der Waals surface area contributed by atoms with Crippen molar-refractivity contribution in [1.29, 1.82) is 0 Å². The average molecular weight is 348 g/mol. The zero-order valence-electron chi connectivity index (χ0n) is 12.0. The highest BCUT2D eigenvalue weighted by atomic mass is 79.9. The van der Waals surface area contributed by atoms with E-state index in [1.807, 2.05) is 0 Å². The molecule has 0 aliphatic heterocycles. The van der Waals surface area contributed by atoms with Crippen molar-refractivity contribution < 1.29 is 14.2 Å². The Morgan fingerprint density at radius 2 is 2.05 bits per heavy atom. The van der Waals surface area contributed by atoms with Crippen LogP contribution in [0.25, 0.3) is 0 Å². The zero-order chi connectivity index (χ0) is 14.6. The molecule has 114 valence electrons. The Labute approximate surface area is 128 Å². The minimum atomic E-state index is 0.454. The Morgan fingerprint density at radius 1 is 1.20 bits per heavy atom. The summed E-state index contributed by atoms with van der Waals surface area (Å²) < 4.78 is 16.7. The SMILES string of the molecule is CCCNc1ncnc(OCCOCCCOC)c1Br. The summed E-state index contributed by atoms with van der Waals surface area (Å²) in [5, 5.41) is 3.20. The second-order valence-corrected chi connectivity index (χ2v) is 4.87. The maximum Gasteiger partial charge on any atom is 0.233 e. The van der Waals surface area contributed by atoms with E-state index >= 15 is 0 Å². The lowest BCUT2D eigenvalue weighted by Gasteiger charge is -2.10. The van der Waals surface area contributed by atoms with Crippen LogP contribution in [0.2, 0.25) is 0 Å². The van der Waals surface area contributed by atoms with E-state index in [9.17, 15) is 0 Å². The van der Waals surface area contributed by atoms with E-state index in [1.165, 1.54) is 6.33 Å². The van der Waals surface area contributed by atoms with Gasteiger partial charge in [0.1, 0.15) is 23.2 Å². The van der Waals surface area contributed by atoms with Crippen molar-refractivity contribution in [3.05, 3.63) is 10.8 Å². The number of methoxy groups -OCH3 is 1. The van der Waals surface area contributed by atoms with Gasteiger partial charge in [-0.15, -0.1) is 0 Å². The van der Waals surface area contributed by atoms with E-state index in [-0.39, 0.29) is 0 Å². The Kier molecular flexibility index (Phi) is 9.27. The molecule has 0 aliphatic rings. The molecule has 0 fully saturated rings. The zero-order valence-corrected chi connectivity index (χ0v) is 13.6. The fourth-order valence-electron chi connectivity index (χ4n) is 1.43. The predicted molar refractivity (Wildman–Crippen MR) is 81.3 cm³/mol. The number of anilines is 1. The van der Waals surface area contributed by atoms with Crippen LogP contribution < -0.4 is 10.1 Å². The van der Waals surface area contributed by atoms with Gasteiger partial charge in [-0.1, -0.05) is 6.92 Å². The Morgan fingerprint density at radius 3 is 2.80 bits per heavy atom. The third kappa shape index (κ3) is 6.49. The lowest BCUT2D eigenvalue weighted by atomic mass is 10.4. The van der Waals surface area contributed by atoms with E-state index in [2.05, 4.69) is 38.1 Å². The molecule has 1 rings (SSSR count). The minimum Gasteiger partial charge on any atom is -0.474 e. The van der Waals surface area contributed by atoms with Crippen LogP contribution in [0.3, 0.4) is 0 Å². The molecular formula is C13H22BrN3O3. The van der Waals surface area contributed by atoms with Gasteiger partial charge in [-0.3, -0.25) is 0 Å². The van der Waals surface area contributed by atoms with Crippen molar-refractivity contribution in [2.45, 2.75) is 19.8 Å². The molecule has 0 spiro atoms. The molecule has 0 saturated carbocycles. The van der Waals surface area contributed by atoms with Gasteiger partial charge in [0, 0.05) is 26.9 Å². The van der Waals surface area contributed by atoms with Crippen LogP contribution in [0, 0.1) is 0 Å². The predicted octanol–water partition coefficient (Wildman–Crippen LogP) is 2.49. The molecule has 1 N–H and O–H groups in total. The van der Waals surface area contributed by atoms with Crippen LogP contribution in [-0.4, -0.2) is 50.1 Å². The van der Waals surface area contributed by atoms with Gasteiger partial charge < -0.3 is 19.5 Å². The van der Waals surface area contributed by atoms with Crippen LogP contribution in [0.15, 0.2) is 10.8 Å². The molecule has 0 amide bonds. The van der Waals surface area contributed by atoms with Crippen LogP contribution >= 0.6 is 15.9 Å². The van der Waals surface area contributed by atoms with Gasteiger partial charge >= 0.3 is 0 Å². The van der Waals surface area contributed by atoms with Gasteiger partial charge in [-0.05, 0) is 28.8 Å². The number of nitrogens with zero attached hydrogens (tertiary/aromatic N) is 2. The van der Waals surface area contributed by atoms with Gasteiger partial charge in [0.15, 0.2) is 0 Å². The maximum absolute atomic E-state index is 5.57. The average Bonchev–Trinajstić information content (AvgIpc) is 2.46. The molecule has 0 aliphatic carbocycles. The Hall–Kier alpha value is -0.920. The first-order valence-corrected chi connectivity index (χ1v) is 7.52. The van der Waals surface area contributed by atoms with Crippen molar-refractivity contribution in [3.63, 3.8) is 0 Å². The van der Waals surface area contributed by atoms with Gasteiger partial charge in [0.25, 0.3) is 0 Å². The Bertz CT molecular complexity index is 380. The van der Waals surface area contributed by atoms with Gasteiger partial charge in [0.2, 0.25) is 5.88 Å². The summed E-state index contributed by atoms with van der Waals surface area (Å²) >= 11 is 3.44. The van der Waals surface area contributed by atoms with Crippen LogP contribution in [0.5, 0.6) is 5.88 Å². The quantitative estimate of drug-likeness (QED) is 0.620. The highest BCUT2D eigenvalue weighted by Gasteiger charge is 2.09. The second kappa shape index (κ2) is 10.8. The first-order valence-electron chi connectivity index (χ1n) is 6.73. The number of halogens is 1. The molecule has 20 heavy (non-hydrogen) atoms. The molecule has 0 bridgehead atoms. The van der Waals surface area contributed by atoms with Crippen LogP contribution in [0.4, 0.5) is 5.82 Å². The highest BCUT2D eigenvalue weighted by molar-refractivity contribution is 9.10. The van der Waals surface area contributed by atoms with Crippen molar-refractivity contribution in [3.8, 4) is 5.88 Å². The molecule has 0 atom stereocenters. The largest absolute Gasteiger partial charge is 0.474 e. The van der Waals surface area contributed by atoms with Crippen molar-refractivity contribution in [1.82, 2.24) is 9.97 Å². The number of hydrogen-bond acceptors (Lipinski definition) is 6. The van der Waals surface area contributed by atoms with Crippen LogP contribution in [-0.2, 0) is 9.47 Å². The van der Waals surface area contributed by atoms with E-state index < -0.39 is 0 Å². The summed E-state index contributed by atoms with van der Waals surface area (Å²) in [5.41, 5.74) is 0. The van der Waals surface area contributed by atoms with Crippen molar-refractivity contribution in [2.75, 3.05) is 45.4 Å². The first-order chi connectivity index (χ1) is 9.79. The summed E-state index contributed by atoms with van der Waals surface area (Å²) in [4.78, 5) is 8.26. The molecule has 0 unspecified atom stereocenters. The van der Waals surface area contributed by atoms with E-state index in [1.54, 1.807) is 7.11 Å². The van der Waals surface area contributed by atoms with Crippen molar-refractivity contribution >= 4 is 21.7 Å². The molecular weight excluding hydrogens is 326 g/mol. The third-order valence-electron chi connectivity index (χ3n) is 2.40. The number of rotatable bonds is 11. The summed E-state index contributed by atoms with van der Waals surface area (Å²) in [7, 11) is 1.68. The monoisotopic (exact) mass is 347 g/mol. The lowest BCUT2D eigenvalue weighted by molar-refractivity contribution is 0.0793. The molecule has 0 aromatic carbocycles. The molecule has 7 heteroatoms. The molecule has 1 aromatic heterocycles. The molecule has 0 radical (unpaired) electrons. The van der Waals surface area contributed by atoms with Gasteiger partial charge in [-0.2, -0.15) is 0 Å². The summed E-state index contributed by atoms with van der Waals surface area (Å²) in [6, 6.07) is 0. The lowest BCUT2D eigenvalue weighted by Crippen LogP contribution is -2.10. The van der Waals surface area contributed by atoms with E-state index in [0.29, 0.717) is 32.3 Å². The smallest absolute Gasteiger partial charge is 0.233 e. The first kappa shape index (κ1) is 17.1. The van der Waals surface area contributed by atoms with E-state index in [0.717, 1.165) is 29.7 Å². The molecule has 6 nitrogen and oxygen atoms in total. The van der Waals surface area contributed by atoms with E-state index in [4.69, 9.17) is 14.2 Å². The fraction of sp³-hybridized carbons (Fsp3) is 0.692. The summed E-state index contributed by atoms with van der Waals surface area (Å²) in [6.07, 6.45) is 3.40. The number of ether oxygens (including phenoxy) is 3. The number of hydrogen-bond donors (Lipinski definition) is 1. The standard InChI is InChI=1S/C13H22BrN3O3/c1-3-5-15-12-11(14)13(17-10-16-12)20-9-8-19-7-4-6-18-2/h10H,3-9H2,1-2H3,(H,15,16,17). The second-order valence-electron chi connectivity index (χ2n) is 4.08. The summed E-state index contributed by atoms with van der Waals surface area (Å²) in [5.74, 6) is 1.27. The maximum atomic E-state index is 5.57. The third-order valence-corrected chi connectivity index (χ3v) is 3.12.